The van der Waals surface area contributed by atoms with Gasteiger partial charge in [0.2, 0.25) is 5.91 Å². The van der Waals surface area contributed by atoms with Crippen LogP contribution in [0.3, 0.4) is 0 Å². The quantitative estimate of drug-likeness (QED) is 0.174. The Kier molecular flexibility index (Phi) is 18.3. The number of sulfonamides is 1. The Hall–Kier alpha value is -0.790. The number of hydrogen-bond donors (Lipinski definition) is 1. The number of rotatable bonds is 21. The second-order valence-electron chi connectivity index (χ2n) is 8.59. The number of alkyl halides is 3. The molecule has 0 saturated carbocycles. The zero-order valence-corrected chi connectivity index (χ0v) is 20.2. The van der Waals surface area contributed by atoms with E-state index < -0.39 is 21.4 Å². The molecule has 0 spiro atoms. The molecule has 0 aliphatic heterocycles. The molecular formula is C23H44F3NO3S. The highest BCUT2D eigenvalue weighted by atomic mass is 32.2. The van der Waals surface area contributed by atoms with E-state index in [0.29, 0.717) is 6.42 Å². The molecule has 0 unspecified atom stereocenters. The standard InChI is InChI=1S/C23H44F3NO3S/c1-2-3-4-5-6-7-8-9-10-11-12-13-14-15-16-17-18-19-20-21-22(28)27-31(29,30)23(24,25)26/h2-21H2,1H3,(H,27,28). The van der Waals surface area contributed by atoms with Crippen LogP contribution in [0.1, 0.15) is 135 Å². The lowest BCUT2D eigenvalue weighted by Gasteiger charge is -2.09. The molecule has 0 aromatic heterocycles. The third-order valence-corrected chi connectivity index (χ3v) is 6.67. The fourth-order valence-corrected chi connectivity index (χ4v) is 4.14. The molecule has 0 aliphatic rings. The van der Waals surface area contributed by atoms with Crippen molar-refractivity contribution in [1.29, 1.82) is 0 Å². The third-order valence-electron chi connectivity index (χ3n) is 5.56. The van der Waals surface area contributed by atoms with E-state index in [9.17, 15) is 26.4 Å². The minimum absolute atomic E-state index is 0.200. The van der Waals surface area contributed by atoms with Crippen molar-refractivity contribution in [2.75, 3.05) is 0 Å². The molecule has 4 nitrogen and oxygen atoms in total. The van der Waals surface area contributed by atoms with Gasteiger partial charge in [-0.1, -0.05) is 122 Å². The number of halogens is 3. The highest BCUT2D eigenvalue weighted by Crippen LogP contribution is 2.21. The average molecular weight is 472 g/mol. The van der Waals surface area contributed by atoms with Gasteiger partial charge in [0.05, 0.1) is 0 Å². The van der Waals surface area contributed by atoms with E-state index in [-0.39, 0.29) is 6.42 Å². The first-order valence-corrected chi connectivity index (χ1v) is 13.8. The van der Waals surface area contributed by atoms with E-state index in [1.54, 1.807) is 0 Å². The predicted molar refractivity (Wildman–Crippen MR) is 121 cm³/mol. The maximum atomic E-state index is 12.2. The first-order chi connectivity index (χ1) is 14.7. The zero-order valence-electron chi connectivity index (χ0n) is 19.4. The summed E-state index contributed by atoms with van der Waals surface area (Å²) in [4.78, 5) is 11.3. The molecule has 186 valence electrons. The fourth-order valence-electron chi connectivity index (χ4n) is 3.62. The lowest BCUT2D eigenvalue weighted by atomic mass is 10.0. The number of amides is 1. The van der Waals surface area contributed by atoms with Crippen molar-refractivity contribution in [3.63, 3.8) is 0 Å². The van der Waals surface area contributed by atoms with Crippen LogP contribution in [-0.2, 0) is 14.8 Å². The SMILES string of the molecule is CCCCCCCCCCCCCCCCCCCCCC(=O)NS(=O)(=O)C(F)(F)F. The highest BCUT2D eigenvalue weighted by Gasteiger charge is 2.46. The van der Waals surface area contributed by atoms with Crippen molar-refractivity contribution in [3.05, 3.63) is 0 Å². The number of nitrogens with one attached hydrogen (secondary N) is 1. The van der Waals surface area contributed by atoms with Gasteiger partial charge < -0.3 is 0 Å². The fraction of sp³-hybridized carbons (Fsp3) is 0.957. The van der Waals surface area contributed by atoms with Crippen LogP contribution in [-0.4, -0.2) is 19.8 Å². The first-order valence-electron chi connectivity index (χ1n) is 12.3. The van der Waals surface area contributed by atoms with Crippen molar-refractivity contribution in [2.45, 2.75) is 141 Å². The topological polar surface area (TPSA) is 63.2 Å². The molecule has 31 heavy (non-hydrogen) atoms. The maximum absolute atomic E-state index is 12.2. The van der Waals surface area contributed by atoms with Crippen molar-refractivity contribution < 1.29 is 26.4 Å². The van der Waals surface area contributed by atoms with E-state index in [2.05, 4.69) is 6.92 Å². The van der Waals surface area contributed by atoms with E-state index in [0.717, 1.165) is 30.4 Å². The number of hydrogen-bond acceptors (Lipinski definition) is 3. The highest BCUT2D eigenvalue weighted by molar-refractivity contribution is 7.90. The van der Waals surface area contributed by atoms with Gasteiger partial charge in [-0.3, -0.25) is 4.79 Å². The van der Waals surface area contributed by atoms with Gasteiger partial charge in [-0.2, -0.15) is 21.6 Å². The second-order valence-corrected chi connectivity index (χ2v) is 10.3. The third kappa shape index (κ3) is 18.5. The van der Waals surface area contributed by atoms with Crippen LogP contribution in [0.15, 0.2) is 0 Å². The second kappa shape index (κ2) is 18.8. The zero-order chi connectivity index (χ0) is 23.4. The molecule has 0 aromatic rings. The van der Waals surface area contributed by atoms with Gasteiger partial charge in [-0.15, -0.1) is 0 Å². The van der Waals surface area contributed by atoms with E-state index in [1.807, 2.05) is 0 Å². The Bertz CT molecular complexity index is 537. The normalized spacial score (nSPS) is 12.3. The average Bonchev–Trinajstić information content (AvgIpc) is 2.68. The van der Waals surface area contributed by atoms with E-state index >= 15 is 0 Å². The Morgan fingerprint density at radius 3 is 1.19 bits per heavy atom. The molecule has 0 radical (unpaired) electrons. The molecule has 0 atom stereocenters. The van der Waals surface area contributed by atoms with E-state index in [4.69, 9.17) is 0 Å². The van der Waals surface area contributed by atoms with Crippen molar-refractivity contribution in [1.82, 2.24) is 4.72 Å². The molecule has 1 amide bonds. The van der Waals surface area contributed by atoms with Crippen LogP contribution in [0.25, 0.3) is 0 Å². The smallest absolute Gasteiger partial charge is 0.274 e. The molecule has 0 saturated heterocycles. The summed E-state index contributed by atoms with van der Waals surface area (Å²) >= 11 is 0. The monoisotopic (exact) mass is 471 g/mol. The summed E-state index contributed by atoms with van der Waals surface area (Å²) in [5.41, 5.74) is -5.45. The van der Waals surface area contributed by atoms with Gasteiger partial charge in [0.1, 0.15) is 0 Å². The number of carbonyl (C=O) groups is 1. The Morgan fingerprint density at radius 2 is 0.903 bits per heavy atom. The van der Waals surface area contributed by atoms with Gasteiger partial charge in [0, 0.05) is 6.42 Å². The van der Waals surface area contributed by atoms with Gasteiger partial charge in [0.15, 0.2) is 0 Å². The molecule has 8 heteroatoms. The molecule has 1 N–H and O–H groups in total. The number of carbonyl (C=O) groups excluding carboxylic acids is 1. The Morgan fingerprint density at radius 1 is 0.613 bits per heavy atom. The van der Waals surface area contributed by atoms with Crippen LogP contribution in [0.5, 0.6) is 0 Å². The van der Waals surface area contributed by atoms with Crippen LogP contribution in [0.2, 0.25) is 0 Å². The van der Waals surface area contributed by atoms with Crippen molar-refractivity contribution >= 4 is 15.9 Å². The van der Waals surface area contributed by atoms with Crippen LogP contribution < -0.4 is 4.72 Å². The summed E-state index contributed by atoms with van der Waals surface area (Å²) in [6.45, 7) is 2.25. The number of unbranched alkanes of at least 4 members (excludes halogenated alkanes) is 18. The summed E-state index contributed by atoms with van der Waals surface area (Å²) in [6.07, 6.45) is 22.8. The summed E-state index contributed by atoms with van der Waals surface area (Å²) in [5, 5.41) is 0. The Balaban J connectivity index is 3.31. The largest absolute Gasteiger partial charge is 0.516 e. The van der Waals surface area contributed by atoms with Gasteiger partial charge in [-0.25, -0.2) is 4.72 Å². The van der Waals surface area contributed by atoms with Gasteiger partial charge >= 0.3 is 15.5 Å². The van der Waals surface area contributed by atoms with Crippen LogP contribution in [0.4, 0.5) is 13.2 Å². The van der Waals surface area contributed by atoms with Crippen LogP contribution >= 0.6 is 0 Å². The molecule has 0 heterocycles. The summed E-state index contributed by atoms with van der Waals surface area (Å²) < 4.78 is 59.1. The summed E-state index contributed by atoms with van der Waals surface area (Å²) in [7, 11) is -5.57. The molecule has 0 rings (SSSR count). The molecule has 0 aliphatic carbocycles. The van der Waals surface area contributed by atoms with Crippen molar-refractivity contribution in [2.24, 2.45) is 0 Å². The summed E-state index contributed by atoms with van der Waals surface area (Å²) in [5.74, 6) is -1.09. The minimum atomic E-state index is -5.57. The van der Waals surface area contributed by atoms with Gasteiger partial charge in [-0.05, 0) is 6.42 Å². The summed E-state index contributed by atoms with van der Waals surface area (Å²) in [6, 6.07) is 0. The van der Waals surface area contributed by atoms with E-state index in [1.165, 1.54) is 89.9 Å². The lowest BCUT2D eigenvalue weighted by molar-refractivity contribution is -0.120. The molecular weight excluding hydrogens is 427 g/mol. The lowest BCUT2D eigenvalue weighted by Crippen LogP contribution is -2.40. The molecule has 0 fully saturated rings. The maximum Gasteiger partial charge on any atom is 0.516 e. The van der Waals surface area contributed by atoms with Crippen LogP contribution in [0, 0.1) is 0 Å². The minimum Gasteiger partial charge on any atom is -0.274 e. The van der Waals surface area contributed by atoms with Gasteiger partial charge in [0.25, 0.3) is 0 Å². The Labute approximate surface area is 188 Å². The van der Waals surface area contributed by atoms with Crippen molar-refractivity contribution in [3.8, 4) is 0 Å². The predicted octanol–water partition coefficient (Wildman–Crippen LogP) is 7.77. The molecule has 0 aromatic carbocycles. The molecule has 0 bridgehead atoms. The first kappa shape index (κ1) is 30.2.